The zero-order chi connectivity index (χ0) is 13.0. The number of carbonyl (C=O) groups excluding carboxylic acids is 1. The van der Waals surface area contributed by atoms with Gasteiger partial charge in [-0.1, -0.05) is 20.8 Å². The van der Waals surface area contributed by atoms with Gasteiger partial charge >= 0.3 is 5.97 Å². The van der Waals surface area contributed by atoms with E-state index in [4.69, 9.17) is 4.74 Å². The highest BCUT2D eigenvalue weighted by Gasteiger charge is 2.20. The summed E-state index contributed by atoms with van der Waals surface area (Å²) < 4.78 is 5.23. The van der Waals surface area contributed by atoms with Crippen LogP contribution >= 0.6 is 0 Å². The molecule has 0 amide bonds. The highest BCUT2D eigenvalue weighted by atomic mass is 16.6. The molecule has 0 rings (SSSR count). The molecule has 0 aromatic rings. The molecule has 1 unspecified atom stereocenters. The van der Waals surface area contributed by atoms with Gasteiger partial charge in [-0.25, -0.2) is 0 Å². The van der Waals surface area contributed by atoms with Crippen LogP contribution in [0.1, 0.15) is 54.9 Å². The van der Waals surface area contributed by atoms with E-state index in [0.29, 0.717) is 19.0 Å². The lowest BCUT2D eigenvalue weighted by molar-refractivity contribution is -0.154. The molecule has 0 heterocycles. The lowest BCUT2D eigenvalue weighted by Crippen LogP contribution is -2.39. The van der Waals surface area contributed by atoms with Crippen LogP contribution in [0.3, 0.4) is 0 Å². The molecule has 0 aliphatic rings. The number of ether oxygens (including phenoxy) is 1. The van der Waals surface area contributed by atoms with Crippen molar-refractivity contribution in [2.45, 2.75) is 66.5 Å². The van der Waals surface area contributed by atoms with Crippen molar-refractivity contribution in [3.05, 3.63) is 0 Å². The maximum Gasteiger partial charge on any atom is 0.307 e. The van der Waals surface area contributed by atoms with Gasteiger partial charge in [-0.2, -0.15) is 0 Å². The third kappa shape index (κ3) is 7.69. The highest BCUT2D eigenvalue weighted by molar-refractivity contribution is 5.70. The molecule has 0 saturated carbocycles. The van der Waals surface area contributed by atoms with Crippen molar-refractivity contribution in [3.63, 3.8) is 0 Å². The second kappa shape index (κ2) is 5.67. The van der Waals surface area contributed by atoms with E-state index in [2.05, 4.69) is 33.0 Å². The molecule has 3 heteroatoms. The van der Waals surface area contributed by atoms with E-state index in [1.165, 1.54) is 0 Å². The number of nitrogens with one attached hydrogen (secondary N) is 1. The summed E-state index contributed by atoms with van der Waals surface area (Å²) in [5.41, 5.74) is -0.166. The Morgan fingerprint density at radius 1 is 1.19 bits per heavy atom. The van der Waals surface area contributed by atoms with E-state index in [1.807, 2.05) is 20.8 Å². The minimum absolute atomic E-state index is 0.138. The van der Waals surface area contributed by atoms with Crippen molar-refractivity contribution in [3.8, 4) is 0 Å². The Balaban J connectivity index is 3.79. The first-order chi connectivity index (χ1) is 7.02. The van der Waals surface area contributed by atoms with Crippen molar-refractivity contribution < 1.29 is 9.53 Å². The third-order valence-electron chi connectivity index (χ3n) is 2.50. The summed E-state index contributed by atoms with van der Waals surface area (Å²) >= 11 is 0. The Morgan fingerprint density at radius 2 is 1.69 bits per heavy atom. The van der Waals surface area contributed by atoms with E-state index in [-0.39, 0.29) is 17.0 Å². The molecule has 0 spiro atoms. The highest BCUT2D eigenvalue weighted by Crippen LogP contribution is 2.18. The SMILES string of the molecule is CC(NCCC(=O)OC(C)(C)C)C(C)(C)C. The number of esters is 1. The molecule has 1 atom stereocenters. The first-order valence-electron chi connectivity index (χ1n) is 5.97. The third-order valence-corrected chi connectivity index (χ3v) is 2.50. The van der Waals surface area contributed by atoms with E-state index >= 15 is 0 Å². The maximum absolute atomic E-state index is 11.4. The summed E-state index contributed by atoms with van der Waals surface area (Å²) in [6.07, 6.45) is 0.428. The van der Waals surface area contributed by atoms with Crippen LogP contribution in [0.2, 0.25) is 0 Å². The molecule has 0 aromatic carbocycles. The minimum Gasteiger partial charge on any atom is -0.460 e. The van der Waals surface area contributed by atoms with Gasteiger partial charge in [0.05, 0.1) is 6.42 Å². The second-order valence-corrected chi connectivity index (χ2v) is 6.38. The Bertz CT molecular complexity index is 223. The van der Waals surface area contributed by atoms with Gasteiger partial charge in [0.2, 0.25) is 0 Å². The topological polar surface area (TPSA) is 38.3 Å². The molecule has 96 valence electrons. The standard InChI is InChI=1S/C13H27NO2/c1-10(12(2,3)4)14-9-8-11(15)16-13(5,6)7/h10,14H,8-9H2,1-7H3. The maximum atomic E-state index is 11.4. The van der Waals surface area contributed by atoms with Crippen molar-refractivity contribution in [2.75, 3.05) is 6.54 Å². The van der Waals surface area contributed by atoms with E-state index in [9.17, 15) is 4.79 Å². The number of rotatable bonds is 4. The Kier molecular flexibility index (Phi) is 5.47. The second-order valence-electron chi connectivity index (χ2n) is 6.38. The van der Waals surface area contributed by atoms with Crippen LogP contribution in [-0.2, 0) is 9.53 Å². The van der Waals surface area contributed by atoms with Gasteiger partial charge in [-0.3, -0.25) is 4.79 Å². The molecule has 0 aliphatic heterocycles. The zero-order valence-electron chi connectivity index (χ0n) is 11.8. The monoisotopic (exact) mass is 229 g/mol. The molecule has 0 aliphatic carbocycles. The van der Waals surface area contributed by atoms with Crippen molar-refractivity contribution >= 4 is 5.97 Å². The van der Waals surface area contributed by atoms with Gasteiger partial charge in [0.25, 0.3) is 0 Å². The average Bonchev–Trinajstić information content (AvgIpc) is 1.98. The quantitative estimate of drug-likeness (QED) is 0.753. The largest absolute Gasteiger partial charge is 0.460 e. The predicted molar refractivity (Wildman–Crippen MR) is 67.4 cm³/mol. The smallest absolute Gasteiger partial charge is 0.307 e. The fourth-order valence-electron chi connectivity index (χ4n) is 1.09. The fraction of sp³-hybridized carbons (Fsp3) is 0.923. The number of hydrogen-bond donors (Lipinski definition) is 1. The first kappa shape index (κ1) is 15.4. The van der Waals surface area contributed by atoms with Crippen LogP contribution in [0.5, 0.6) is 0 Å². The van der Waals surface area contributed by atoms with Gasteiger partial charge in [0, 0.05) is 12.6 Å². The lowest BCUT2D eigenvalue weighted by atomic mass is 9.88. The van der Waals surface area contributed by atoms with Gasteiger partial charge in [-0.15, -0.1) is 0 Å². The van der Waals surface area contributed by atoms with Crippen LogP contribution in [0.15, 0.2) is 0 Å². The Hall–Kier alpha value is -0.570. The van der Waals surface area contributed by atoms with Crippen molar-refractivity contribution in [1.82, 2.24) is 5.32 Å². The first-order valence-corrected chi connectivity index (χ1v) is 5.97. The molecule has 0 radical (unpaired) electrons. The predicted octanol–water partition coefficient (Wildman–Crippen LogP) is 2.74. The fourth-order valence-corrected chi connectivity index (χ4v) is 1.09. The van der Waals surface area contributed by atoms with Crippen LogP contribution < -0.4 is 5.32 Å². The molecule has 1 N–H and O–H groups in total. The molecule has 0 saturated heterocycles. The summed E-state index contributed by atoms with van der Waals surface area (Å²) in [4.78, 5) is 11.4. The summed E-state index contributed by atoms with van der Waals surface area (Å²) in [6, 6.07) is 0.384. The summed E-state index contributed by atoms with van der Waals surface area (Å²) in [5.74, 6) is -0.138. The van der Waals surface area contributed by atoms with E-state index in [0.717, 1.165) is 0 Å². The van der Waals surface area contributed by atoms with Gasteiger partial charge in [0.15, 0.2) is 0 Å². The van der Waals surface area contributed by atoms with Crippen molar-refractivity contribution in [2.24, 2.45) is 5.41 Å². The molecular formula is C13H27NO2. The van der Waals surface area contributed by atoms with E-state index < -0.39 is 0 Å². The van der Waals surface area contributed by atoms with Gasteiger partial charge in [-0.05, 0) is 33.1 Å². The van der Waals surface area contributed by atoms with Crippen LogP contribution in [0.25, 0.3) is 0 Å². The zero-order valence-corrected chi connectivity index (χ0v) is 11.8. The summed E-state index contributed by atoms with van der Waals surface area (Å²) in [7, 11) is 0. The molecule has 0 bridgehead atoms. The van der Waals surface area contributed by atoms with Crippen LogP contribution in [-0.4, -0.2) is 24.2 Å². The minimum atomic E-state index is -0.382. The number of hydrogen-bond acceptors (Lipinski definition) is 3. The van der Waals surface area contributed by atoms with Crippen LogP contribution in [0, 0.1) is 5.41 Å². The van der Waals surface area contributed by atoms with Crippen LogP contribution in [0.4, 0.5) is 0 Å². The summed E-state index contributed by atoms with van der Waals surface area (Å²) in [6.45, 7) is 15.0. The van der Waals surface area contributed by atoms with Gasteiger partial charge in [0.1, 0.15) is 5.60 Å². The molecule has 0 aromatic heterocycles. The van der Waals surface area contributed by atoms with Gasteiger partial charge < -0.3 is 10.1 Å². The van der Waals surface area contributed by atoms with Crippen molar-refractivity contribution in [1.29, 1.82) is 0 Å². The normalized spacial score (nSPS) is 14.7. The molecule has 0 fully saturated rings. The Morgan fingerprint density at radius 3 is 2.06 bits per heavy atom. The van der Waals surface area contributed by atoms with E-state index in [1.54, 1.807) is 0 Å². The number of carbonyl (C=O) groups is 1. The average molecular weight is 229 g/mol. The molecule has 3 nitrogen and oxygen atoms in total. The Labute approximate surface area is 99.9 Å². The molecular weight excluding hydrogens is 202 g/mol. The summed E-state index contributed by atoms with van der Waals surface area (Å²) in [5, 5.41) is 3.34. The lowest BCUT2D eigenvalue weighted by Gasteiger charge is -2.28. The molecule has 16 heavy (non-hydrogen) atoms.